The Balaban J connectivity index is 1.31. The molecule has 9 heteroatoms. The molecule has 2 fully saturated rings. The summed E-state index contributed by atoms with van der Waals surface area (Å²) >= 11 is 0. The van der Waals surface area contributed by atoms with Crippen LogP contribution in [0.15, 0.2) is 58.9 Å². The van der Waals surface area contributed by atoms with Crippen molar-refractivity contribution < 1.29 is 18.4 Å². The zero-order valence-corrected chi connectivity index (χ0v) is 17.6. The normalized spacial score (nSPS) is 17.3. The van der Waals surface area contributed by atoms with Crippen LogP contribution >= 0.6 is 0 Å². The van der Waals surface area contributed by atoms with Crippen molar-refractivity contribution in [1.82, 2.24) is 14.7 Å². The molecule has 166 valence electrons. The highest BCUT2D eigenvalue weighted by Crippen LogP contribution is 2.18. The molecule has 0 unspecified atom stereocenters. The van der Waals surface area contributed by atoms with Crippen LogP contribution in [0.1, 0.15) is 10.6 Å². The highest BCUT2D eigenvalue weighted by Gasteiger charge is 2.26. The molecule has 2 amide bonds. The first-order chi connectivity index (χ1) is 15.5. The molecule has 0 radical (unpaired) electrons. The molecule has 32 heavy (non-hydrogen) atoms. The van der Waals surface area contributed by atoms with E-state index in [2.05, 4.69) is 4.90 Å². The number of rotatable bonds is 4. The lowest BCUT2D eigenvalue weighted by Crippen LogP contribution is -2.49. The molecule has 0 aliphatic carbocycles. The van der Waals surface area contributed by atoms with Crippen LogP contribution in [0.5, 0.6) is 0 Å². The maximum absolute atomic E-state index is 13.1. The van der Waals surface area contributed by atoms with Crippen LogP contribution in [0.2, 0.25) is 0 Å². The Morgan fingerprint density at radius 1 is 0.938 bits per heavy atom. The van der Waals surface area contributed by atoms with Gasteiger partial charge < -0.3 is 24.0 Å². The fourth-order valence-electron chi connectivity index (χ4n) is 3.91. The summed E-state index contributed by atoms with van der Waals surface area (Å²) < 4.78 is 18.3. The quantitative estimate of drug-likeness (QED) is 0.537. The Morgan fingerprint density at radius 2 is 1.59 bits per heavy atom. The van der Waals surface area contributed by atoms with Crippen LogP contribution in [0.25, 0.3) is 0 Å². The highest BCUT2D eigenvalue weighted by atomic mass is 19.1. The molecular weight excluding hydrogens is 413 g/mol. The molecule has 2 aromatic rings. The molecule has 0 atom stereocenters. The first kappa shape index (κ1) is 21.4. The minimum atomic E-state index is -0.291. The Labute approximate surface area is 185 Å². The van der Waals surface area contributed by atoms with E-state index in [4.69, 9.17) is 4.42 Å². The van der Waals surface area contributed by atoms with Crippen molar-refractivity contribution in [3.63, 3.8) is 0 Å². The summed E-state index contributed by atoms with van der Waals surface area (Å²) in [6.07, 6.45) is 3.07. The Bertz CT molecular complexity index is 1010. The van der Waals surface area contributed by atoms with E-state index in [0.717, 1.165) is 5.69 Å². The SMILES string of the molecule is N#C/C(=C/N1CCN(C(=O)c2ccco2)CC1)C(=O)N1CCN(c2ccc(F)cc2)CC1. The van der Waals surface area contributed by atoms with Crippen molar-refractivity contribution in [1.29, 1.82) is 5.26 Å². The van der Waals surface area contributed by atoms with E-state index in [1.165, 1.54) is 18.4 Å². The Hall–Kier alpha value is -3.80. The Kier molecular flexibility index (Phi) is 6.40. The van der Waals surface area contributed by atoms with E-state index in [1.807, 2.05) is 11.0 Å². The van der Waals surface area contributed by atoms with Crippen LogP contribution in [-0.4, -0.2) is 78.9 Å². The first-order valence-corrected chi connectivity index (χ1v) is 10.5. The lowest BCUT2D eigenvalue weighted by molar-refractivity contribution is -0.127. The summed E-state index contributed by atoms with van der Waals surface area (Å²) in [6.45, 7) is 4.24. The number of piperazine rings is 2. The maximum Gasteiger partial charge on any atom is 0.289 e. The number of amides is 2. The molecule has 0 bridgehead atoms. The van der Waals surface area contributed by atoms with Gasteiger partial charge in [0.25, 0.3) is 11.8 Å². The number of carbonyl (C=O) groups is 2. The lowest BCUT2D eigenvalue weighted by Gasteiger charge is -2.36. The van der Waals surface area contributed by atoms with Crippen molar-refractivity contribution in [3.05, 3.63) is 66.0 Å². The van der Waals surface area contributed by atoms with E-state index in [1.54, 1.807) is 40.3 Å². The van der Waals surface area contributed by atoms with Gasteiger partial charge in [-0.25, -0.2) is 4.39 Å². The zero-order valence-electron chi connectivity index (χ0n) is 17.6. The van der Waals surface area contributed by atoms with Crippen molar-refractivity contribution in [3.8, 4) is 6.07 Å². The summed E-state index contributed by atoms with van der Waals surface area (Å²) in [5, 5.41) is 9.56. The summed E-state index contributed by atoms with van der Waals surface area (Å²) in [4.78, 5) is 32.6. The fourth-order valence-corrected chi connectivity index (χ4v) is 3.91. The molecule has 1 aromatic carbocycles. The average Bonchev–Trinajstić information content (AvgIpc) is 3.38. The smallest absolute Gasteiger partial charge is 0.289 e. The van der Waals surface area contributed by atoms with Crippen molar-refractivity contribution >= 4 is 17.5 Å². The summed E-state index contributed by atoms with van der Waals surface area (Å²) in [5.41, 5.74) is 1.00. The number of halogens is 1. The number of benzene rings is 1. The number of anilines is 1. The lowest BCUT2D eigenvalue weighted by atomic mass is 10.2. The van der Waals surface area contributed by atoms with Crippen LogP contribution in [0.4, 0.5) is 10.1 Å². The van der Waals surface area contributed by atoms with Crippen molar-refractivity contribution in [2.24, 2.45) is 0 Å². The summed E-state index contributed by atoms with van der Waals surface area (Å²) in [7, 11) is 0. The van der Waals surface area contributed by atoms with E-state index in [9.17, 15) is 19.2 Å². The Morgan fingerprint density at radius 3 is 2.19 bits per heavy atom. The van der Waals surface area contributed by atoms with Gasteiger partial charge in [-0.05, 0) is 36.4 Å². The number of furan rings is 1. The summed E-state index contributed by atoms with van der Waals surface area (Å²) in [6, 6.07) is 11.6. The highest BCUT2D eigenvalue weighted by molar-refractivity contribution is 5.97. The first-order valence-electron chi connectivity index (χ1n) is 10.5. The minimum Gasteiger partial charge on any atom is -0.459 e. The number of hydrogen-bond acceptors (Lipinski definition) is 6. The topological polar surface area (TPSA) is 84.0 Å². The zero-order chi connectivity index (χ0) is 22.5. The van der Waals surface area contributed by atoms with Crippen molar-refractivity contribution in [2.75, 3.05) is 57.3 Å². The van der Waals surface area contributed by atoms with Gasteiger partial charge in [0, 0.05) is 64.2 Å². The monoisotopic (exact) mass is 437 g/mol. The molecule has 2 saturated heterocycles. The third-order valence-corrected chi connectivity index (χ3v) is 5.75. The predicted octanol–water partition coefficient (Wildman–Crippen LogP) is 1.93. The van der Waals surface area contributed by atoms with Crippen LogP contribution in [-0.2, 0) is 4.79 Å². The largest absolute Gasteiger partial charge is 0.459 e. The van der Waals surface area contributed by atoms with E-state index < -0.39 is 0 Å². The number of hydrogen-bond donors (Lipinski definition) is 0. The number of carbonyl (C=O) groups excluding carboxylic acids is 2. The number of nitriles is 1. The van der Waals surface area contributed by atoms with Gasteiger partial charge in [0.05, 0.1) is 6.26 Å². The molecule has 3 heterocycles. The standard InChI is InChI=1S/C23H24FN5O3/c24-19-3-5-20(6-4-19)27-11-13-28(14-12-27)22(30)18(16-25)17-26-7-9-29(10-8-26)23(31)21-2-1-15-32-21/h1-6,15,17H,7-14H2/b18-17-. The molecule has 2 aliphatic rings. The third kappa shape index (κ3) is 4.75. The van der Waals surface area contributed by atoms with Gasteiger partial charge >= 0.3 is 0 Å². The van der Waals surface area contributed by atoms with E-state index in [0.29, 0.717) is 58.1 Å². The van der Waals surface area contributed by atoms with E-state index in [-0.39, 0.29) is 23.2 Å². The second kappa shape index (κ2) is 9.56. The average molecular weight is 437 g/mol. The minimum absolute atomic E-state index is 0.0889. The molecule has 4 rings (SSSR count). The van der Waals surface area contributed by atoms with Crippen LogP contribution in [0.3, 0.4) is 0 Å². The fraction of sp³-hybridized carbons (Fsp3) is 0.348. The van der Waals surface area contributed by atoms with Gasteiger partial charge in [0.15, 0.2) is 5.76 Å². The van der Waals surface area contributed by atoms with Gasteiger partial charge in [-0.2, -0.15) is 5.26 Å². The van der Waals surface area contributed by atoms with E-state index >= 15 is 0 Å². The van der Waals surface area contributed by atoms with Crippen LogP contribution in [0, 0.1) is 17.1 Å². The van der Waals surface area contributed by atoms with Crippen LogP contribution < -0.4 is 4.90 Å². The van der Waals surface area contributed by atoms with Crippen molar-refractivity contribution in [2.45, 2.75) is 0 Å². The van der Waals surface area contributed by atoms with Gasteiger partial charge in [0.2, 0.25) is 0 Å². The predicted molar refractivity (Wildman–Crippen MR) is 115 cm³/mol. The number of nitrogens with zero attached hydrogens (tertiary/aromatic N) is 5. The molecule has 0 spiro atoms. The molecule has 0 saturated carbocycles. The van der Waals surface area contributed by atoms with Gasteiger partial charge in [-0.15, -0.1) is 0 Å². The molecule has 2 aliphatic heterocycles. The molecular formula is C23H24FN5O3. The van der Waals surface area contributed by atoms with Gasteiger partial charge in [-0.3, -0.25) is 9.59 Å². The third-order valence-electron chi connectivity index (χ3n) is 5.75. The maximum atomic E-state index is 13.1. The molecule has 1 aromatic heterocycles. The second-order valence-corrected chi connectivity index (χ2v) is 7.72. The van der Waals surface area contributed by atoms with Gasteiger partial charge in [0.1, 0.15) is 17.5 Å². The second-order valence-electron chi connectivity index (χ2n) is 7.72. The summed E-state index contributed by atoms with van der Waals surface area (Å²) in [5.74, 6) is -0.422. The van der Waals surface area contributed by atoms with Gasteiger partial charge in [-0.1, -0.05) is 0 Å². The molecule has 8 nitrogen and oxygen atoms in total. The molecule has 0 N–H and O–H groups in total.